The van der Waals surface area contributed by atoms with Crippen LogP contribution in [0.25, 0.3) is 0 Å². The third-order valence-electron chi connectivity index (χ3n) is 1.87. The van der Waals surface area contributed by atoms with Crippen LogP contribution in [0, 0.1) is 0 Å². The van der Waals surface area contributed by atoms with E-state index in [-0.39, 0.29) is 6.10 Å². The lowest BCUT2D eigenvalue weighted by molar-refractivity contribution is 0.105. The molecular formula is C7H9BrN2O2. The second-order valence-corrected chi connectivity index (χ2v) is 3.47. The van der Waals surface area contributed by atoms with E-state index in [1.165, 1.54) is 0 Å². The molecule has 0 saturated carbocycles. The first-order valence-corrected chi connectivity index (χ1v) is 4.73. The second kappa shape index (κ2) is 3.53. The van der Waals surface area contributed by atoms with Crippen LogP contribution in [0.2, 0.25) is 0 Å². The molecule has 4 nitrogen and oxygen atoms in total. The molecule has 2 heterocycles. The number of ether oxygens (including phenoxy) is 1. The number of hydrogen-bond donors (Lipinski definition) is 0. The lowest BCUT2D eigenvalue weighted by Gasteiger charge is -2.03. The third-order valence-corrected chi connectivity index (χ3v) is 2.19. The normalized spacial score (nSPS) is 23.2. The average molecular weight is 233 g/mol. The van der Waals surface area contributed by atoms with Crippen molar-refractivity contribution < 1.29 is 9.15 Å². The molecule has 0 amide bonds. The standard InChI is InChI=1S/C7H9BrN2O2/c8-7-10-9-6(12-7)4-5-2-1-3-11-5/h5H,1-4H2. The SMILES string of the molecule is Brc1nnc(CC2CCCO2)o1. The fourth-order valence-electron chi connectivity index (χ4n) is 1.32. The molecule has 1 aromatic rings. The highest BCUT2D eigenvalue weighted by Crippen LogP contribution is 2.17. The number of hydrogen-bond acceptors (Lipinski definition) is 4. The van der Waals surface area contributed by atoms with E-state index in [9.17, 15) is 0 Å². The smallest absolute Gasteiger partial charge is 0.284 e. The largest absolute Gasteiger partial charge is 0.416 e. The van der Waals surface area contributed by atoms with Crippen LogP contribution in [0.3, 0.4) is 0 Å². The van der Waals surface area contributed by atoms with Crippen LogP contribution >= 0.6 is 15.9 Å². The molecule has 66 valence electrons. The van der Waals surface area contributed by atoms with E-state index in [2.05, 4.69) is 26.1 Å². The molecule has 1 atom stereocenters. The summed E-state index contributed by atoms with van der Waals surface area (Å²) in [6.07, 6.45) is 3.25. The van der Waals surface area contributed by atoms with Gasteiger partial charge in [-0.15, -0.1) is 10.2 Å². The molecule has 1 aliphatic rings. The van der Waals surface area contributed by atoms with E-state index < -0.39 is 0 Å². The monoisotopic (exact) mass is 232 g/mol. The van der Waals surface area contributed by atoms with Crippen molar-refractivity contribution in [2.24, 2.45) is 0 Å². The third kappa shape index (κ3) is 1.84. The summed E-state index contributed by atoms with van der Waals surface area (Å²) < 4.78 is 10.6. The van der Waals surface area contributed by atoms with Gasteiger partial charge < -0.3 is 9.15 Å². The van der Waals surface area contributed by atoms with E-state index in [4.69, 9.17) is 9.15 Å². The van der Waals surface area contributed by atoms with Gasteiger partial charge in [0.25, 0.3) is 4.80 Å². The maximum absolute atomic E-state index is 5.42. The first kappa shape index (κ1) is 8.19. The molecule has 2 rings (SSSR count). The van der Waals surface area contributed by atoms with Crippen molar-refractivity contribution in [1.82, 2.24) is 10.2 Å². The Balaban J connectivity index is 1.94. The molecular weight excluding hydrogens is 224 g/mol. The van der Waals surface area contributed by atoms with Crippen LogP contribution in [0.5, 0.6) is 0 Å². The van der Waals surface area contributed by atoms with Crippen LogP contribution in [-0.2, 0) is 11.2 Å². The van der Waals surface area contributed by atoms with Gasteiger partial charge >= 0.3 is 0 Å². The Morgan fingerprint density at radius 3 is 3.00 bits per heavy atom. The fraction of sp³-hybridized carbons (Fsp3) is 0.714. The Hall–Kier alpha value is -0.420. The van der Waals surface area contributed by atoms with Gasteiger partial charge in [-0.1, -0.05) is 0 Å². The van der Waals surface area contributed by atoms with Crippen molar-refractivity contribution in [3.8, 4) is 0 Å². The van der Waals surface area contributed by atoms with Crippen LogP contribution in [0.4, 0.5) is 0 Å². The first-order chi connectivity index (χ1) is 5.84. The zero-order valence-corrected chi connectivity index (χ0v) is 8.08. The molecule has 1 aliphatic heterocycles. The second-order valence-electron chi connectivity index (χ2n) is 2.79. The van der Waals surface area contributed by atoms with Crippen molar-refractivity contribution >= 4 is 15.9 Å². The molecule has 12 heavy (non-hydrogen) atoms. The van der Waals surface area contributed by atoms with Crippen molar-refractivity contribution in [2.75, 3.05) is 6.61 Å². The Morgan fingerprint density at radius 1 is 1.50 bits per heavy atom. The van der Waals surface area contributed by atoms with Crippen LogP contribution in [0.1, 0.15) is 18.7 Å². The number of halogens is 1. The van der Waals surface area contributed by atoms with Crippen molar-refractivity contribution in [2.45, 2.75) is 25.4 Å². The van der Waals surface area contributed by atoms with Gasteiger partial charge in [0.15, 0.2) is 0 Å². The minimum absolute atomic E-state index is 0.275. The van der Waals surface area contributed by atoms with Gasteiger partial charge in [-0.3, -0.25) is 0 Å². The fourth-order valence-corrected chi connectivity index (χ4v) is 1.58. The Morgan fingerprint density at radius 2 is 2.42 bits per heavy atom. The van der Waals surface area contributed by atoms with Crippen LogP contribution in [0.15, 0.2) is 9.22 Å². The molecule has 0 aliphatic carbocycles. The minimum atomic E-state index is 0.275. The number of nitrogens with zero attached hydrogens (tertiary/aromatic N) is 2. The number of aromatic nitrogens is 2. The van der Waals surface area contributed by atoms with Gasteiger partial charge in [0, 0.05) is 22.5 Å². The maximum Gasteiger partial charge on any atom is 0.284 e. The van der Waals surface area contributed by atoms with Gasteiger partial charge in [0.2, 0.25) is 5.89 Å². The van der Waals surface area contributed by atoms with Gasteiger partial charge in [-0.05, 0) is 12.8 Å². The molecule has 1 unspecified atom stereocenters. The van der Waals surface area contributed by atoms with E-state index in [1.54, 1.807) is 0 Å². The Bertz CT molecular complexity index is 258. The molecule has 0 N–H and O–H groups in total. The predicted molar refractivity (Wildman–Crippen MR) is 44.7 cm³/mol. The molecule has 1 saturated heterocycles. The topological polar surface area (TPSA) is 48.2 Å². The summed E-state index contributed by atoms with van der Waals surface area (Å²) in [6.45, 7) is 0.861. The van der Waals surface area contributed by atoms with Gasteiger partial charge in [0.1, 0.15) is 0 Å². The van der Waals surface area contributed by atoms with E-state index in [1.807, 2.05) is 0 Å². The summed E-state index contributed by atoms with van der Waals surface area (Å²) in [6, 6.07) is 0. The van der Waals surface area contributed by atoms with E-state index in [0.717, 1.165) is 25.9 Å². The quantitative estimate of drug-likeness (QED) is 0.777. The molecule has 0 radical (unpaired) electrons. The zero-order valence-electron chi connectivity index (χ0n) is 6.49. The van der Waals surface area contributed by atoms with Crippen molar-refractivity contribution in [3.63, 3.8) is 0 Å². The van der Waals surface area contributed by atoms with Gasteiger partial charge in [-0.25, -0.2) is 0 Å². The van der Waals surface area contributed by atoms with Crippen LogP contribution in [-0.4, -0.2) is 22.9 Å². The molecule has 0 bridgehead atoms. The van der Waals surface area contributed by atoms with E-state index >= 15 is 0 Å². The lowest BCUT2D eigenvalue weighted by Crippen LogP contribution is -2.08. The van der Waals surface area contributed by atoms with Gasteiger partial charge in [0.05, 0.1) is 12.5 Å². The minimum Gasteiger partial charge on any atom is -0.416 e. The zero-order chi connectivity index (χ0) is 8.39. The number of rotatable bonds is 2. The summed E-state index contributed by atoms with van der Waals surface area (Å²) in [5.74, 6) is 0.647. The summed E-state index contributed by atoms with van der Waals surface area (Å²) in [4.78, 5) is 0.440. The molecule has 1 aromatic heterocycles. The maximum atomic E-state index is 5.42. The Kier molecular flexibility index (Phi) is 2.41. The molecule has 0 aromatic carbocycles. The summed E-state index contributed by atoms with van der Waals surface area (Å²) >= 11 is 3.10. The van der Waals surface area contributed by atoms with Crippen molar-refractivity contribution in [3.05, 3.63) is 10.7 Å². The Labute approximate surface area is 78.4 Å². The van der Waals surface area contributed by atoms with Gasteiger partial charge in [-0.2, -0.15) is 0 Å². The van der Waals surface area contributed by atoms with Crippen LogP contribution < -0.4 is 0 Å². The lowest BCUT2D eigenvalue weighted by atomic mass is 10.2. The first-order valence-electron chi connectivity index (χ1n) is 3.94. The van der Waals surface area contributed by atoms with E-state index in [0.29, 0.717) is 10.7 Å². The summed E-state index contributed by atoms with van der Waals surface area (Å²) in [5, 5.41) is 7.54. The highest BCUT2D eigenvalue weighted by atomic mass is 79.9. The summed E-state index contributed by atoms with van der Waals surface area (Å²) in [5.41, 5.74) is 0. The highest BCUT2D eigenvalue weighted by Gasteiger charge is 2.18. The predicted octanol–water partition coefficient (Wildman–Crippen LogP) is 1.55. The molecule has 0 spiro atoms. The summed E-state index contributed by atoms with van der Waals surface area (Å²) in [7, 11) is 0. The van der Waals surface area contributed by atoms with Crippen molar-refractivity contribution in [1.29, 1.82) is 0 Å². The average Bonchev–Trinajstić information content (AvgIpc) is 2.63. The highest BCUT2D eigenvalue weighted by molar-refractivity contribution is 9.10. The molecule has 1 fully saturated rings. The molecule has 5 heteroatoms.